The lowest BCUT2D eigenvalue weighted by molar-refractivity contribution is -0.133. The van der Waals surface area contributed by atoms with E-state index < -0.39 is 11.1 Å². The Kier molecular flexibility index (Phi) is 5.10. The van der Waals surface area contributed by atoms with Gasteiger partial charge in [-0.05, 0) is 42.9 Å². The summed E-state index contributed by atoms with van der Waals surface area (Å²) in [6.45, 7) is 1.27. The fourth-order valence-electron chi connectivity index (χ4n) is 3.95. The van der Waals surface area contributed by atoms with Crippen molar-refractivity contribution in [2.75, 3.05) is 13.1 Å². The number of benzene rings is 2. The van der Waals surface area contributed by atoms with Crippen LogP contribution in [0.25, 0.3) is 11.0 Å². The van der Waals surface area contributed by atoms with Crippen LogP contribution in [0.5, 0.6) is 0 Å². The Labute approximate surface area is 162 Å². The van der Waals surface area contributed by atoms with Crippen molar-refractivity contribution < 1.29 is 4.79 Å². The first-order chi connectivity index (χ1) is 13.6. The van der Waals surface area contributed by atoms with E-state index in [0.717, 1.165) is 19.3 Å². The van der Waals surface area contributed by atoms with Gasteiger partial charge in [-0.3, -0.25) is 19.0 Å². The highest BCUT2D eigenvalue weighted by Gasteiger charge is 2.24. The molecule has 0 bridgehead atoms. The van der Waals surface area contributed by atoms with Gasteiger partial charge >= 0.3 is 11.1 Å². The maximum atomic E-state index is 12.8. The lowest BCUT2D eigenvalue weighted by atomic mass is 9.90. The lowest BCUT2D eigenvalue weighted by Gasteiger charge is -2.32. The number of aromatic amines is 1. The topological polar surface area (TPSA) is 75.2 Å². The number of fused-ring (bicyclic) bond motifs is 1. The van der Waals surface area contributed by atoms with Crippen LogP contribution in [0.3, 0.4) is 0 Å². The molecule has 2 heterocycles. The first-order valence-corrected chi connectivity index (χ1v) is 9.65. The molecule has 6 nitrogen and oxygen atoms in total. The van der Waals surface area contributed by atoms with Gasteiger partial charge in [0.1, 0.15) is 6.54 Å². The van der Waals surface area contributed by atoms with Crippen LogP contribution < -0.4 is 11.1 Å². The van der Waals surface area contributed by atoms with E-state index >= 15 is 0 Å². The standard InChI is InChI=1S/C22H23N3O3/c26-20(15-25-19-9-5-4-8-18(19)23-21(27)22(25)28)24-12-10-17(11-13-24)14-16-6-2-1-3-7-16/h1-9,17H,10-15H2,(H,23,27). The summed E-state index contributed by atoms with van der Waals surface area (Å²) in [5.41, 5.74) is 1.06. The van der Waals surface area contributed by atoms with Gasteiger partial charge < -0.3 is 9.88 Å². The molecule has 4 rings (SSSR count). The molecule has 0 aliphatic carbocycles. The predicted octanol–water partition coefficient (Wildman–Crippen LogP) is 2.17. The van der Waals surface area contributed by atoms with E-state index in [2.05, 4.69) is 29.2 Å². The molecular formula is C22H23N3O3. The van der Waals surface area contributed by atoms with E-state index in [1.165, 1.54) is 10.1 Å². The van der Waals surface area contributed by atoms with Crippen LogP contribution in [0.2, 0.25) is 0 Å². The van der Waals surface area contributed by atoms with Crippen LogP contribution in [-0.4, -0.2) is 33.4 Å². The number of carbonyl (C=O) groups excluding carboxylic acids is 1. The lowest BCUT2D eigenvalue weighted by Crippen LogP contribution is -2.44. The predicted molar refractivity (Wildman–Crippen MR) is 108 cm³/mol. The number of carbonyl (C=O) groups is 1. The molecule has 1 aliphatic heterocycles. The minimum atomic E-state index is -0.701. The summed E-state index contributed by atoms with van der Waals surface area (Å²) < 4.78 is 1.28. The molecule has 2 aromatic carbocycles. The number of nitrogens with zero attached hydrogens (tertiary/aromatic N) is 2. The van der Waals surface area contributed by atoms with E-state index in [9.17, 15) is 14.4 Å². The summed E-state index contributed by atoms with van der Waals surface area (Å²) >= 11 is 0. The number of rotatable bonds is 4. The van der Waals surface area contributed by atoms with Crippen LogP contribution >= 0.6 is 0 Å². The fraction of sp³-hybridized carbons (Fsp3) is 0.318. The Morgan fingerprint density at radius 2 is 1.64 bits per heavy atom. The number of amides is 1. The second kappa shape index (κ2) is 7.84. The van der Waals surface area contributed by atoms with Gasteiger partial charge in [-0.1, -0.05) is 42.5 Å². The minimum Gasteiger partial charge on any atom is -0.341 e. The third-order valence-electron chi connectivity index (χ3n) is 5.51. The van der Waals surface area contributed by atoms with E-state index in [1.54, 1.807) is 24.3 Å². The van der Waals surface area contributed by atoms with Crippen molar-refractivity contribution in [1.29, 1.82) is 0 Å². The number of hydrogen-bond acceptors (Lipinski definition) is 3. The number of nitrogens with one attached hydrogen (secondary N) is 1. The molecule has 1 amide bonds. The number of para-hydroxylation sites is 2. The highest BCUT2D eigenvalue weighted by molar-refractivity contribution is 5.80. The van der Waals surface area contributed by atoms with E-state index in [4.69, 9.17) is 0 Å². The van der Waals surface area contributed by atoms with Gasteiger partial charge in [-0.25, -0.2) is 0 Å². The van der Waals surface area contributed by atoms with Crippen LogP contribution in [-0.2, 0) is 17.8 Å². The normalized spacial score (nSPS) is 15.1. The number of H-pyrrole nitrogens is 1. The Morgan fingerprint density at radius 3 is 2.39 bits per heavy atom. The molecule has 144 valence electrons. The van der Waals surface area contributed by atoms with Crippen LogP contribution in [0, 0.1) is 5.92 Å². The number of likely N-dealkylation sites (tertiary alicyclic amines) is 1. The maximum Gasteiger partial charge on any atom is 0.317 e. The molecule has 1 aromatic heterocycles. The van der Waals surface area contributed by atoms with Gasteiger partial charge in [0.25, 0.3) is 0 Å². The fourth-order valence-corrected chi connectivity index (χ4v) is 3.95. The average Bonchev–Trinajstić information content (AvgIpc) is 2.72. The largest absolute Gasteiger partial charge is 0.341 e. The summed E-state index contributed by atoms with van der Waals surface area (Å²) in [6.07, 6.45) is 2.93. The van der Waals surface area contributed by atoms with Crippen molar-refractivity contribution in [3.8, 4) is 0 Å². The first kappa shape index (κ1) is 18.2. The van der Waals surface area contributed by atoms with Crippen molar-refractivity contribution in [1.82, 2.24) is 14.5 Å². The summed E-state index contributed by atoms with van der Waals surface area (Å²) in [5, 5.41) is 0. The zero-order chi connectivity index (χ0) is 19.5. The molecule has 0 unspecified atom stereocenters. The quantitative estimate of drug-likeness (QED) is 0.708. The summed E-state index contributed by atoms with van der Waals surface area (Å²) in [4.78, 5) is 41.4. The van der Waals surface area contributed by atoms with Gasteiger partial charge in [0.15, 0.2) is 0 Å². The molecule has 0 radical (unpaired) electrons. The SMILES string of the molecule is O=C(Cn1c(=O)c(=O)[nH]c2ccccc21)N1CCC(Cc2ccccc2)CC1. The summed E-state index contributed by atoms with van der Waals surface area (Å²) in [6, 6.07) is 17.4. The first-order valence-electron chi connectivity index (χ1n) is 9.65. The minimum absolute atomic E-state index is 0.105. The van der Waals surface area contributed by atoms with Gasteiger partial charge in [-0.15, -0.1) is 0 Å². The molecule has 1 saturated heterocycles. The number of hydrogen-bond donors (Lipinski definition) is 1. The molecule has 1 N–H and O–H groups in total. The molecule has 1 aliphatic rings. The monoisotopic (exact) mass is 377 g/mol. The third-order valence-corrected chi connectivity index (χ3v) is 5.51. The van der Waals surface area contributed by atoms with Crippen molar-refractivity contribution in [3.05, 3.63) is 80.9 Å². The van der Waals surface area contributed by atoms with E-state index in [-0.39, 0.29) is 12.5 Å². The van der Waals surface area contributed by atoms with Crippen molar-refractivity contribution in [3.63, 3.8) is 0 Å². The van der Waals surface area contributed by atoms with Crippen LogP contribution in [0.15, 0.2) is 64.2 Å². The second-order valence-corrected chi connectivity index (χ2v) is 7.38. The Bertz CT molecular complexity index is 1090. The van der Waals surface area contributed by atoms with Crippen molar-refractivity contribution in [2.45, 2.75) is 25.8 Å². The van der Waals surface area contributed by atoms with E-state index in [1.807, 2.05) is 11.0 Å². The van der Waals surface area contributed by atoms with Crippen molar-refractivity contribution in [2.24, 2.45) is 5.92 Å². The Balaban J connectivity index is 1.44. The van der Waals surface area contributed by atoms with Crippen molar-refractivity contribution >= 4 is 16.9 Å². The van der Waals surface area contributed by atoms with Crippen LogP contribution in [0.4, 0.5) is 0 Å². The smallest absolute Gasteiger partial charge is 0.317 e. The molecule has 0 spiro atoms. The maximum absolute atomic E-state index is 12.8. The molecule has 1 fully saturated rings. The molecule has 0 atom stereocenters. The highest BCUT2D eigenvalue weighted by Crippen LogP contribution is 2.22. The zero-order valence-corrected chi connectivity index (χ0v) is 15.6. The van der Waals surface area contributed by atoms with Gasteiger partial charge in [0.2, 0.25) is 5.91 Å². The Hall–Kier alpha value is -3.15. The summed E-state index contributed by atoms with van der Waals surface area (Å²) in [5.74, 6) is 0.450. The van der Waals surface area contributed by atoms with Crippen LogP contribution in [0.1, 0.15) is 18.4 Å². The third kappa shape index (κ3) is 3.76. The number of piperidine rings is 1. The van der Waals surface area contributed by atoms with Gasteiger partial charge in [-0.2, -0.15) is 0 Å². The summed E-state index contributed by atoms with van der Waals surface area (Å²) in [7, 11) is 0. The second-order valence-electron chi connectivity index (χ2n) is 7.38. The zero-order valence-electron chi connectivity index (χ0n) is 15.6. The van der Waals surface area contributed by atoms with Gasteiger partial charge in [0.05, 0.1) is 11.0 Å². The molecule has 3 aromatic rings. The molecule has 28 heavy (non-hydrogen) atoms. The average molecular weight is 377 g/mol. The highest BCUT2D eigenvalue weighted by atomic mass is 16.2. The van der Waals surface area contributed by atoms with E-state index in [0.29, 0.717) is 30.0 Å². The molecular weight excluding hydrogens is 354 g/mol. The number of aromatic nitrogens is 2. The molecule has 6 heteroatoms. The Morgan fingerprint density at radius 1 is 0.964 bits per heavy atom. The van der Waals surface area contributed by atoms with Gasteiger partial charge in [0, 0.05) is 13.1 Å². The molecule has 0 saturated carbocycles.